The van der Waals surface area contributed by atoms with E-state index in [4.69, 9.17) is 0 Å². The SMILES string of the molecule is O=C(N1CCc2ccc(C(F)(F)F)nc2C1)[C@@]12CCC[C@@H]1C[C@@H](N1CC(n3ccc(C(F)(F)F)n3)C1)C2. The molecule has 2 aliphatic heterocycles. The zero-order valence-corrected chi connectivity index (χ0v) is 20.0. The number of fused-ring (bicyclic) bond motifs is 2. The number of carbonyl (C=O) groups excluding carboxylic acids is 1. The monoisotopic (exact) mass is 527 g/mol. The largest absolute Gasteiger partial charge is 0.435 e. The highest BCUT2D eigenvalue weighted by atomic mass is 19.4. The van der Waals surface area contributed by atoms with Crippen molar-refractivity contribution >= 4 is 5.91 Å². The summed E-state index contributed by atoms with van der Waals surface area (Å²) in [5.41, 5.74) is -1.29. The van der Waals surface area contributed by atoms with Gasteiger partial charge in [-0.05, 0) is 55.7 Å². The average molecular weight is 528 g/mol. The summed E-state index contributed by atoms with van der Waals surface area (Å²) in [6.07, 6.45) is -2.98. The number of alkyl halides is 6. The lowest BCUT2D eigenvalue weighted by atomic mass is 9.78. The number of hydrogen-bond acceptors (Lipinski definition) is 4. The first-order valence-corrected chi connectivity index (χ1v) is 12.7. The first-order valence-electron chi connectivity index (χ1n) is 12.7. The minimum absolute atomic E-state index is 0.0151. The molecule has 3 atom stereocenters. The molecule has 2 aliphatic carbocycles. The normalized spacial score (nSPS) is 28.8. The van der Waals surface area contributed by atoms with Crippen molar-refractivity contribution in [3.05, 3.63) is 47.0 Å². The molecule has 0 radical (unpaired) electrons. The highest BCUT2D eigenvalue weighted by Gasteiger charge is 2.58. The van der Waals surface area contributed by atoms with Crippen LogP contribution >= 0.6 is 0 Å². The van der Waals surface area contributed by atoms with Gasteiger partial charge in [-0.15, -0.1) is 0 Å². The number of rotatable bonds is 3. The van der Waals surface area contributed by atoms with Crippen molar-refractivity contribution in [3.63, 3.8) is 0 Å². The summed E-state index contributed by atoms with van der Waals surface area (Å²) in [6.45, 7) is 1.72. The second-order valence-corrected chi connectivity index (χ2v) is 10.9. The number of hydrogen-bond donors (Lipinski definition) is 0. The van der Waals surface area contributed by atoms with Crippen LogP contribution in [0.1, 0.15) is 60.8 Å². The van der Waals surface area contributed by atoms with Gasteiger partial charge in [-0.25, -0.2) is 4.98 Å². The molecule has 4 aliphatic rings. The lowest BCUT2D eigenvalue weighted by Crippen LogP contribution is -2.53. The Morgan fingerprint density at radius 1 is 1.00 bits per heavy atom. The summed E-state index contributed by atoms with van der Waals surface area (Å²) >= 11 is 0. The topological polar surface area (TPSA) is 54.3 Å². The lowest BCUT2D eigenvalue weighted by molar-refractivity contribution is -0.145. The molecule has 1 saturated heterocycles. The number of halogens is 6. The van der Waals surface area contributed by atoms with E-state index in [-0.39, 0.29) is 30.5 Å². The van der Waals surface area contributed by atoms with Crippen LogP contribution in [0.25, 0.3) is 0 Å². The number of aromatic nitrogens is 3. The maximum Gasteiger partial charge on any atom is 0.435 e. The molecule has 0 N–H and O–H groups in total. The smallest absolute Gasteiger partial charge is 0.336 e. The first-order chi connectivity index (χ1) is 17.4. The van der Waals surface area contributed by atoms with Gasteiger partial charge >= 0.3 is 12.4 Å². The summed E-state index contributed by atoms with van der Waals surface area (Å²) in [6, 6.07) is 3.48. The van der Waals surface area contributed by atoms with Gasteiger partial charge in [-0.3, -0.25) is 14.4 Å². The fourth-order valence-corrected chi connectivity index (χ4v) is 6.94. The highest BCUT2D eigenvalue weighted by Crippen LogP contribution is 2.57. The molecule has 0 aromatic carbocycles. The molecule has 3 fully saturated rings. The zero-order chi connectivity index (χ0) is 26.2. The third-order valence-electron chi connectivity index (χ3n) is 8.86. The van der Waals surface area contributed by atoms with E-state index in [0.717, 1.165) is 43.4 Å². The van der Waals surface area contributed by atoms with Crippen molar-refractivity contribution in [1.29, 1.82) is 0 Å². The van der Waals surface area contributed by atoms with E-state index in [9.17, 15) is 31.1 Å². The second kappa shape index (κ2) is 8.44. The van der Waals surface area contributed by atoms with Crippen molar-refractivity contribution in [1.82, 2.24) is 24.6 Å². The Bertz CT molecular complexity index is 1200. The molecule has 0 bridgehead atoms. The van der Waals surface area contributed by atoms with Crippen LogP contribution < -0.4 is 0 Å². The maximum absolute atomic E-state index is 13.9. The van der Waals surface area contributed by atoms with Gasteiger partial charge in [0.25, 0.3) is 0 Å². The average Bonchev–Trinajstić information content (AvgIpc) is 3.51. The van der Waals surface area contributed by atoms with Crippen LogP contribution in [0.2, 0.25) is 0 Å². The summed E-state index contributed by atoms with van der Waals surface area (Å²) in [5, 5.41) is 3.69. The van der Waals surface area contributed by atoms with Crippen LogP contribution in [0.4, 0.5) is 26.3 Å². The minimum Gasteiger partial charge on any atom is -0.336 e. The van der Waals surface area contributed by atoms with Crippen LogP contribution in [-0.4, -0.2) is 56.1 Å². The number of likely N-dealkylation sites (tertiary alicyclic amines) is 1. The maximum atomic E-state index is 13.9. The number of amides is 1. The van der Waals surface area contributed by atoms with Crippen LogP contribution in [0, 0.1) is 11.3 Å². The Balaban J connectivity index is 1.13. The second-order valence-electron chi connectivity index (χ2n) is 10.9. The van der Waals surface area contributed by atoms with Crippen LogP contribution in [0.5, 0.6) is 0 Å². The molecular weight excluding hydrogens is 500 g/mol. The van der Waals surface area contributed by atoms with Crippen molar-refractivity contribution in [2.24, 2.45) is 11.3 Å². The lowest BCUT2D eigenvalue weighted by Gasteiger charge is -2.44. The predicted molar refractivity (Wildman–Crippen MR) is 119 cm³/mol. The predicted octanol–water partition coefficient (Wildman–Crippen LogP) is 4.71. The van der Waals surface area contributed by atoms with E-state index in [1.165, 1.54) is 16.9 Å². The molecule has 2 aromatic heterocycles. The van der Waals surface area contributed by atoms with Crippen molar-refractivity contribution in [3.8, 4) is 0 Å². The van der Waals surface area contributed by atoms with E-state index in [0.29, 0.717) is 38.2 Å². The third-order valence-corrected chi connectivity index (χ3v) is 8.86. The molecule has 2 saturated carbocycles. The van der Waals surface area contributed by atoms with Crippen LogP contribution in [-0.2, 0) is 30.1 Å². The van der Waals surface area contributed by atoms with Crippen molar-refractivity contribution in [2.45, 2.75) is 69.5 Å². The van der Waals surface area contributed by atoms with Gasteiger partial charge in [0, 0.05) is 31.9 Å². The molecular formula is C25H27F6N5O. The standard InChI is InChI=1S/C25H27F6N5O/c26-24(27,28)20-4-3-15-5-8-34(14-19(15)32-20)22(37)23-7-1-2-16(23)10-17(11-23)35-12-18(13-35)36-9-6-21(33-36)25(29,30)31/h3-4,6,9,16-18H,1-2,5,7-8,10-14H2/t16-,17-,23-/m1/s1. The van der Waals surface area contributed by atoms with E-state index in [2.05, 4.69) is 15.0 Å². The molecule has 4 heterocycles. The molecule has 6 rings (SSSR count). The minimum atomic E-state index is -4.53. The van der Waals surface area contributed by atoms with Gasteiger partial charge in [-0.2, -0.15) is 31.4 Å². The van der Waals surface area contributed by atoms with Gasteiger partial charge in [0.1, 0.15) is 5.69 Å². The van der Waals surface area contributed by atoms with Gasteiger partial charge in [0.15, 0.2) is 5.69 Å². The molecule has 0 spiro atoms. The Morgan fingerprint density at radius 2 is 1.76 bits per heavy atom. The molecule has 1 amide bonds. The molecule has 0 unspecified atom stereocenters. The molecule has 2 aromatic rings. The number of carbonyl (C=O) groups is 1. The highest BCUT2D eigenvalue weighted by molar-refractivity contribution is 5.84. The summed E-state index contributed by atoms with van der Waals surface area (Å²) in [7, 11) is 0. The number of pyridine rings is 1. The zero-order valence-electron chi connectivity index (χ0n) is 20.0. The van der Waals surface area contributed by atoms with Crippen molar-refractivity contribution in [2.75, 3.05) is 19.6 Å². The fraction of sp³-hybridized carbons (Fsp3) is 0.640. The fourth-order valence-electron chi connectivity index (χ4n) is 6.94. The van der Waals surface area contributed by atoms with Gasteiger partial charge in [0.05, 0.1) is 23.7 Å². The molecule has 12 heteroatoms. The van der Waals surface area contributed by atoms with E-state index < -0.39 is 29.2 Å². The Morgan fingerprint density at radius 3 is 2.46 bits per heavy atom. The van der Waals surface area contributed by atoms with E-state index >= 15 is 0 Å². The number of nitrogens with zero attached hydrogens (tertiary/aromatic N) is 5. The van der Waals surface area contributed by atoms with Crippen LogP contribution in [0.3, 0.4) is 0 Å². The summed E-state index contributed by atoms with van der Waals surface area (Å²) in [5.74, 6) is 0.225. The first kappa shape index (κ1) is 24.7. The van der Waals surface area contributed by atoms with Gasteiger partial charge in [0.2, 0.25) is 5.91 Å². The summed E-state index contributed by atoms with van der Waals surface area (Å²) in [4.78, 5) is 21.7. The Hall–Kier alpha value is -2.63. The van der Waals surface area contributed by atoms with Crippen LogP contribution in [0.15, 0.2) is 24.4 Å². The van der Waals surface area contributed by atoms with E-state index in [1.54, 1.807) is 4.90 Å². The van der Waals surface area contributed by atoms with E-state index in [1.807, 2.05) is 0 Å². The Kier molecular flexibility index (Phi) is 5.63. The van der Waals surface area contributed by atoms with Crippen molar-refractivity contribution < 1.29 is 31.1 Å². The summed E-state index contributed by atoms with van der Waals surface area (Å²) < 4.78 is 79.6. The molecule has 6 nitrogen and oxygen atoms in total. The third kappa shape index (κ3) is 4.21. The quantitative estimate of drug-likeness (QED) is 0.543. The molecule has 37 heavy (non-hydrogen) atoms. The Labute approximate surface area is 209 Å². The van der Waals surface area contributed by atoms with Gasteiger partial charge in [-0.1, -0.05) is 12.5 Å². The molecule has 200 valence electrons. The van der Waals surface area contributed by atoms with Gasteiger partial charge < -0.3 is 4.90 Å².